The average Bonchev–Trinajstić information content (AvgIpc) is 3.53. The van der Waals surface area contributed by atoms with Gasteiger partial charge in [0.05, 0.1) is 18.1 Å². The fraction of sp³-hybridized carbons (Fsp3) is 0.650. The quantitative estimate of drug-likeness (QED) is 0.765. The van der Waals surface area contributed by atoms with Gasteiger partial charge in [0.2, 0.25) is 5.91 Å². The van der Waals surface area contributed by atoms with Crippen LogP contribution in [0.1, 0.15) is 68.5 Å². The van der Waals surface area contributed by atoms with Crippen LogP contribution >= 0.6 is 0 Å². The molecule has 0 atom stereocenters. The zero-order valence-electron chi connectivity index (χ0n) is 15.7. The van der Waals surface area contributed by atoms with E-state index in [0.29, 0.717) is 44.2 Å². The molecule has 1 amide bonds. The van der Waals surface area contributed by atoms with Crippen molar-refractivity contribution in [3.8, 4) is 0 Å². The molecule has 0 saturated heterocycles. The molecule has 0 radical (unpaired) electrons. The third-order valence-corrected chi connectivity index (χ3v) is 6.76. The van der Waals surface area contributed by atoms with Gasteiger partial charge in [-0.3, -0.25) is 9.59 Å². The van der Waals surface area contributed by atoms with Crippen molar-refractivity contribution >= 4 is 17.7 Å². The molecule has 152 valence electrons. The smallest absolute Gasteiger partial charge is 0.416 e. The highest BCUT2D eigenvalue weighted by Gasteiger charge is 2.56. The second-order valence-electron chi connectivity index (χ2n) is 8.44. The molecule has 4 aliphatic rings. The number of rotatable bonds is 4. The second kappa shape index (κ2) is 6.46. The number of nitrogens with one attached hydrogen (secondary N) is 1. The van der Waals surface area contributed by atoms with Gasteiger partial charge in [-0.15, -0.1) is 0 Å². The molecule has 1 aromatic heterocycles. The van der Waals surface area contributed by atoms with Crippen molar-refractivity contribution in [2.45, 2.75) is 63.5 Å². The lowest BCUT2D eigenvalue weighted by atomic mass is 9.53. The SMILES string of the molecule is COC(=O)C12CCC(C(=O)Nc3cc(C(F)(F)F)cc(C4CC4)n3)(CC1)CC2. The van der Waals surface area contributed by atoms with E-state index >= 15 is 0 Å². The van der Waals surface area contributed by atoms with Crippen LogP contribution in [0, 0.1) is 10.8 Å². The first-order chi connectivity index (χ1) is 13.2. The number of nitrogens with zero attached hydrogens (tertiary/aromatic N) is 1. The monoisotopic (exact) mass is 396 g/mol. The first-order valence-corrected chi connectivity index (χ1v) is 9.67. The van der Waals surface area contributed by atoms with Crippen molar-refractivity contribution in [2.24, 2.45) is 10.8 Å². The Balaban J connectivity index is 1.53. The summed E-state index contributed by atoms with van der Waals surface area (Å²) in [4.78, 5) is 29.4. The minimum Gasteiger partial charge on any atom is -0.469 e. The standard InChI is InChI=1S/C20H23F3N2O3/c1-28-17(27)19-7-4-18(5-8-19,6-9-19)16(26)25-15-11-13(20(21,22)23)10-14(24-15)12-2-3-12/h10-12H,2-9H2,1H3,(H,24,25,26). The summed E-state index contributed by atoms with van der Waals surface area (Å²) in [6.07, 6.45) is 0.444. The van der Waals surface area contributed by atoms with Gasteiger partial charge in [0.15, 0.2) is 0 Å². The summed E-state index contributed by atoms with van der Waals surface area (Å²) < 4.78 is 44.6. The fourth-order valence-corrected chi connectivity index (χ4v) is 4.67. The number of ether oxygens (including phenoxy) is 1. The van der Waals surface area contributed by atoms with Crippen molar-refractivity contribution < 1.29 is 27.5 Å². The predicted molar refractivity (Wildman–Crippen MR) is 94.4 cm³/mol. The fourth-order valence-electron chi connectivity index (χ4n) is 4.67. The van der Waals surface area contributed by atoms with Crippen molar-refractivity contribution in [2.75, 3.05) is 12.4 Å². The first-order valence-electron chi connectivity index (χ1n) is 9.67. The van der Waals surface area contributed by atoms with E-state index in [-0.39, 0.29) is 23.6 Å². The van der Waals surface area contributed by atoms with Gasteiger partial charge in [0, 0.05) is 17.0 Å². The first kappa shape index (κ1) is 19.2. The molecule has 0 spiro atoms. The van der Waals surface area contributed by atoms with Gasteiger partial charge in [-0.1, -0.05) is 0 Å². The number of fused-ring (bicyclic) bond motifs is 3. The molecule has 0 aromatic carbocycles. The molecule has 28 heavy (non-hydrogen) atoms. The molecule has 4 saturated carbocycles. The molecule has 0 unspecified atom stereocenters. The van der Waals surface area contributed by atoms with Gasteiger partial charge >= 0.3 is 12.1 Å². The number of hydrogen-bond donors (Lipinski definition) is 1. The molecule has 4 aliphatic carbocycles. The number of amides is 1. The van der Waals surface area contributed by atoms with Crippen molar-refractivity contribution in [1.82, 2.24) is 4.98 Å². The maximum Gasteiger partial charge on any atom is 0.416 e. The molecule has 5 rings (SSSR count). The molecule has 2 bridgehead atoms. The van der Waals surface area contributed by atoms with E-state index < -0.39 is 22.6 Å². The van der Waals surface area contributed by atoms with Crippen LogP contribution in [0.5, 0.6) is 0 Å². The summed E-state index contributed by atoms with van der Waals surface area (Å²) in [7, 11) is 1.37. The maximum absolute atomic E-state index is 13.2. The van der Waals surface area contributed by atoms with Crippen LogP contribution in [0.3, 0.4) is 0 Å². The minimum atomic E-state index is -4.49. The largest absolute Gasteiger partial charge is 0.469 e. The molecular weight excluding hydrogens is 373 g/mol. The lowest BCUT2D eigenvalue weighted by Crippen LogP contribution is -2.51. The number of methoxy groups -OCH3 is 1. The van der Waals surface area contributed by atoms with Gasteiger partial charge in [0.25, 0.3) is 0 Å². The van der Waals surface area contributed by atoms with E-state index in [2.05, 4.69) is 10.3 Å². The predicted octanol–water partition coefficient (Wildman–Crippen LogP) is 4.43. The highest BCUT2D eigenvalue weighted by atomic mass is 19.4. The molecule has 4 fully saturated rings. The zero-order valence-corrected chi connectivity index (χ0v) is 15.7. The maximum atomic E-state index is 13.2. The van der Waals surface area contributed by atoms with Crippen LogP contribution in [0.25, 0.3) is 0 Å². The molecule has 8 heteroatoms. The second-order valence-corrected chi connectivity index (χ2v) is 8.44. The Hall–Kier alpha value is -2.12. The summed E-state index contributed by atoms with van der Waals surface area (Å²) in [5.41, 5.74) is -1.55. The van der Waals surface area contributed by atoms with E-state index in [1.54, 1.807) is 0 Å². The Bertz CT molecular complexity index is 793. The Morgan fingerprint density at radius 1 is 1.07 bits per heavy atom. The molecule has 5 nitrogen and oxygen atoms in total. The van der Waals surface area contributed by atoms with Crippen molar-refractivity contribution in [1.29, 1.82) is 0 Å². The topological polar surface area (TPSA) is 68.3 Å². The van der Waals surface area contributed by atoms with Crippen LogP contribution in [0.4, 0.5) is 19.0 Å². The van der Waals surface area contributed by atoms with E-state index in [1.807, 2.05) is 0 Å². The number of hydrogen-bond acceptors (Lipinski definition) is 4. The molecule has 1 heterocycles. The summed E-state index contributed by atoms with van der Waals surface area (Å²) in [5, 5.41) is 2.65. The Morgan fingerprint density at radius 2 is 1.64 bits per heavy atom. The molecular formula is C20H23F3N2O3. The van der Waals surface area contributed by atoms with Gasteiger partial charge < -0.3 is 10.1 Å². The number of alkyl halides is 3. The number of carbonyl (C=O) groups is 2. The van der Waals surface area contributed by atoms with Crippen LogP contribution < -0.4 is 5.32 Å². The number of carbonyl (C=O) groups excluding carboxylic acids is 2. The minimum absolute atomic E-state index is 0.0357. The van der Waals surface area contributed by atoms with Crippen molar-refractivity contribution in [3.05, 3.63) is 23.4 Å². The van der Waals surface area contributed by atoms with E-state index in [9.17, 15) is 22.8 Å². The van der Waals surface area contributed by atoms with E-state index in [1.165, 1.54) is 7.11 Å². The Kier molecular flexibility index (Phi) is 4.43. The van der Waals surface area contributed by atoms with Crippen LogP contribution in [-0.4, -0.2) is 24.0 Å². The third kappa shape index (κ3) is 3.26. The molecule has 1 N–H and O–H groups in total. The normalized spacial score (nSPS) is 29.4. The van der Waals surface area contributed by atoms with Gasteiger partial charge in [0.1, 0.15) is 5.82 Å². The lowest BCUT2D eigenvalue weighted by Gasteiger charge is -2.50. The third-order valence-electron chi connectivity index (χ3n) is 6.76. The van der Waals surface area contributed by atoms with Crippen LogP contribution in [0.2, 0.25) is 0 Å². The Labute approximate surface area is 161 Å². The Morgan fingerprint density at radius 3 is 2.14 bits per heavy atom. The summed E-state index contributed by atoms with van der Waals surface area (Å²) in [6.45, 7) is 0. The zero-order chi connectivity index (χ0) is 20.2. The van der Waals surface area contributed by atoms with Gasteiger partial charge in [-0.25, -0.2) is 4.98 Å². The van der Waals surface area contributed by atoms with Gasteiger partial charge in [-0.2, -0.15) is 13.2 Å². The van der Waals surface area contributed by atoms with Crippen molar-refractivity contribution in [3.63, 3.8) is 0 Å². The number of pyridine rings is 1. The highest BCUT2D eigenvalue weighted by molar-refractivity contribution is 5.95. The van der Waals surface area contributed by atoms with E-state index in [0.717, 1.165) is 25.0 Å². The average molecular weight is 396 g/mol. The van der Waals surface area contributed by atoms with Crippen LogP contribution in [-0.2, 0) is 20.5 Å². The highest BCUT2D eigenvalue weighted by Crippen LogP contribution is 2.57. The van der Waals surface area contributed by atoms with E-state index in [4.69, 9.17) is 4.74 Å². The number of anilines is 1. The number of esters is 1. The van der Waals surface area contributed by atoms with Gasteiger partial charge in [-0.05, 0) is 63.5 Å². The number of aromatic nitrogens is 1. The molecule has 1 aromatic rings. The lowest BCUT2D eigenvalue weighted by molar-refractivity contribution is -0.165. The summed E-state index contributed by atoms with van der Waals surface area (Å²) in [5.74, 6) is -0.512. The molecule has 0 aliphatic heterocycles. The summed E-state index contributed by atoms with van der Waals surface area (Å²) in [6, 6.07) is 1.99. The summed E-state index contributed by atoms with van der Waals surface area (Å²) >= 11 is 0. The number of halogens is 3. The van der Waals surface area contributed by atoms with Crippen LogP contribution in [0.15, 0.2) is 12.1 Å².